The summed E-state index contributed by atoms with van der Waals surface area (Å²) in [6, 6.07) is 33.3. The Morgan fingerprint density at radius 3 is 2.14 bits per heavy atom. The number of rotatable bonds is 5. The molecule has 0 radical (unpaired) electrons. The molecule has 0 fully saturated rings. The summed E-state index contributed by atoms with van der Waals surface area (Å²) in [7, 11) is 2.12. The monoisotopic (exact) mass is 566 g/mol. The number of hydrogen-bond donors (Lipinski definition) is 0. The van der Waals surface area contributed by atoms with Gasteiger partial charge in [-0.3, -0.25) is 0 Å². The van der Waals surface area contributed by atoms with E-state index in [1.807, 2.05) is 12.1 Å². The Morgan fingerprint density at radius 1 is 0.744 bits per heavy atom. The van der Waals surface area contributed by atoms with Gasteiger partial charge >= 0.3 is 0 Å². The summed E-state index contributed by atoms with van der Waals surface area (Å²) in [5.74, 6) is 1.50. The fraction of sp³-hybridized carbons (Fsp3) is 0.225. The van der Waals surface area contributed by atoms with Gasteiger partial charge < -0.3 is 4.42 Å². The predicted molar refractivity (Wildman–Crippen MR) is 180 cm³/mol. The Labute approximate surface area is 258 Å². The fourth-order valence-electron chi connectivity index (χ4n) is 6.70. The molecule has 3 nitrogen and oxygen atoms in total. The number of fused-ring (bicyclic) bond motifs is 4. The molecule has 0 amide bonds. The molecule has 3 heteroatoms. The van der Waals surface area contributed by atoms with E-state index in [0.717, 1.165) is 33.4 Å². The van der Waals surface area contributed by atoms with Gasteiger partial charge in [-0.25, -0.2) is 4.57 Å². The molecule has 0 atom stereocenters. The smallest absolute Gasteiger partial charge is 0.299 e. The molecular weight excluding hydrogens is 524 g/mol. The molecule has 43 heavy (non-hydrogen) atoms. The van der Waals surface area contributed by atoms with Crippen molar-refractivity contribution in [2.45, 2.75) is 53.3 Å². The van der Waals surface area contributed by atoms with Crippen LogP contribution < -0.4 is 4.57 Å². The summed E-state index contributed by atoms with van der Waals surface area (Å²) >= 11 is 0. The SMILES string of the molecule is [2H]C([2H])([2H])c1cccc2oc3c(-c4n(-c5c(C(C)C)cc(-c6ccccc6)cc5C(C)C)c5ccccc5[n+]4C)c(C)ccc3c12. The largest absolute Gasteiger partial charge is 0.455 e. The number of para-hydroxylation sites is 2. The van der Waals surface area contributed by atoms with Crippen LogP contribution in [-0.2, 0) is 7.05 Å². The minimum absolute atomic E-state index is 0.250. The molecule has 0 N–H and O–H groups in total. The Kier molecular flexibility index (Phi) is 5.70. The van der Waals surface area contributed by atoms with Gasteiger partial charge in [-0.05, 0) is 78.2 Å². The molecule has 0 saturated heterocycles. The van der Waals surface area contributed by atoms with E-state index in [1.165, 1.54) is 27.9 Å². The van der Waals surface area contributed by atoms with Crippen molar-refractivity contribution in [3.63, 3.8) is 0 Å². The van der Waals surface area contributed by atoms with Crippen LogP contribution in [0, 0.1) is 13.8 Å². The summed E-state index contributed by atoms with van der Waals surface area (Å²) in [6.07, 6.45) is 0. The molecule has 5 aromatic carbocycles. The summed E-state index contributed by atoms with van der Waals surface area (Å²) in [5.41, 5.74) is 12.0. The molecule has 2 aromatic heterocycles. The molecule has 0 unspecified atom stereocenters. The number of furan rings is 1. The second-order valence-electron chi connectivity index (χ2n) is 12.3. The lowest BCUT2D eigenvalue weighted by Gasteiger charge is -2.21. The van der Waals surface area contributed by atoms with E-state index in [-0.39, 0.29) is 11.8 Å². The van der Waals surface area contributed by atoms with E-state index >= 15 is 0 Å². The van der Waals surface area contributed by atoms with Gasteiger partial charge in [0.15, 0.2) is 16.6 Å². The first-order valence-electron chi connectivity index (χ1n) is 16.7. The Balaban J connectivity index is 1.65. The average molecular weight is 567 g/mol. The first-order valence-corrected chi connectivity index (χ1v) is 15.2. The van der Waals surface area contributed by atoms with Crippen LogP contribution >= 0.6 is 0 Å². The zero-order valence-corrected chi connectivity index (χ0v) is 25.7. The van der Waals surface area contributed by atoms with Gasteiger partial charge in [0, 0.05) is 26.0 Å². The van der Waals surface area contributed by atoms with Crippen LogP contribution in [0.5, 0.6) is 0 Å². The first-order chi connectivity index (χ1) is 22.0. The summed E-state index contributed by atoms with van der Waals surface area (Å²) in [6.45, 7) is 8.92. The van der Waals surface area contributed by atoms with Gasteiger partial charge in [-0.2, -0.15) is 4.57 Å². The maximum atomic E-state index is 8.27. The van der Waals surface area contributed by atoms with Crippen LogP contribution in [0.15, 0.2) is 101 Å². The third kappa shape index (κ3) is 4.21. The molecule has 7 aromatic rings. The second kappa shape index (κ2) is 10.3. The lowest BCUT2D eigenvalue weighted by molar-refractivity contribution is -0.633. The van der Waals surface area contributed by atoms with Gasteiger partial charge in [-0.1, -0.05) is 94.4 Å². The number of nitrogens with zero attached hydrogens (tertiary/aromatic N) is 2. The number of aromatic nitrogens is 2. The van der Waals surface area contributed by atoms with Crippen molar-refractivity contribution in [2.75, 3.05) is 0 Å². The van der Waals surface area contributed by atoms with Crippen LogP contribution in [-0.4, -0.2) is 4.57 Å². The highest BCUT2D eigenvalue weighted by Gasteiger charge is 2.34. The van der Waals surface area contributed by atoms with E-state index in [4.69, 9.17) is 8.53 Å². The zero-order chi connectivity index (χ0) is 32.5. The molecule has 0 bridgehead atoms. The Morgan fingerprint density at radius 2 is 1.44 bits per heavy atom. The maximum Gasteiger partial charge on any atom is 0.299 e. The van der Waals surface area contributed by atoms with Gasteiger partial charge in [0.2, 0.25) is 0 Å². The molecule has 0 spiro atoms. The summed E-state index contributed by atoms with van der Waals surface area (Å²) in [4.78, 5) is 0. The van der Waals surface area contributed by atoms with E-state index < -0.39 is 6.85 Å². The first kappa shape index (κ1) is 23.9. The fourth-order valence-corrected chi connectivity index (χ4v) is 6.70. The Bertz CT molecular complexity index is 2240. The quantitative estimate of drug-likeness (QED) is 0.190. The van der Waals surface area contributed by atoms with Crippen molar-refractivity contribution in [3.05, 3.63) is 119 Å². The summed E-state index contributed by atoms with van der Waals surface area (Å²) in [5, 5.41) is 1.47. The van der Waals surface area contributed by atoms with E-state index in [9.17, 15) is 0 Å². The van der Waals surface area contributed by atoms with Gasteiger partial charge in [0.1, 0.15) is 16.8 Å². The molecule has 0 aliphatic rings. The van der Waals surface area contributed by atoms with Crippen molar-refractivity contribution in [2.24, 2.45) is 7.05 Å². The number of benzene rings is 5. The highest BCUT2D eigenvalue weighted by molar-refractivity contribution is 6.11. The third-order valence-electron chi connectivity index (χ3n) is 8.85. The van der Waals surface area contributed by atoms with Crippen LogP contribution in [0.2, 0.25) is 0 Å². The number of aryl methyl sites for hydroxylation is 3. The molecule has 0 aliphatic carbocycles. The number of imidazole rings is 1. The van der Waals surface area contributed by atoms with Gasteiger partial charge in [-0.15, -0.1) is 0 Å². The van der Waals surface area contributed by atoms with E-state index in [1.54, 1.807) is 12.1 Å². The molecular formula is C40H39N2O+. The van der Waals surface area contributed by atoms with Gasteiger partial charge in [0.05, 0.1) is 7.05 Å². The highest BCUT2D eigenvalue weighted by Crippen LogP contribution is 2.43. The van der Waals surface area contributed by atoms with Crippen molar-refractivity contribution in [1.29, 1.82) is 0 Å². The van der Waals surface area contributed by atoms with E-state index in [2.05, 4.69) is 124 Å². The molecule has 2 heterocycles. The van der Waals surface area contributed by atoms with Crippen molar-refractivity contribution in [3.8, 4) is 28.2 Å². The van der Waals surface area contributed by atoms with Crippen molar-refractivity contribution in [1.82, 2.24) is 4.57 Å². The zero-order valence-electron chi connectivity index (χ0n) is 28.7. The highest BCUT2D eigenvalue weighted by atomic mass is 16.3. The third-order valence-corrected chi connectivity index (χ3v) is 8.85. The van der Waals surface area contributed by atoms with Crippen LogP contribution in [0.1, 0.15) is 65.9 Å². The molecule has 0 aliphatic heterocycles. The lowest BCUT2D eigenvalue weighted by atomic mass is 9.88. The minimum atomic E-state index is -2.26. The van der Waals surface area contributed by atoms with Crippen LogP contribution in [0.3, 0.4) is 0 Å². The van der Waals surface area contributed by atoms with Crippen molar-refractivity contribution >= 4 is 33.0 Å². The lowest BCUT2D eigenvalue weighted by Crippen LogP contribution is -2.30. The van der Waals surface area contributed by atoms with Crippen LogP contribution in [0.25, 0.3) is 61.2 Å². The predicted octanol–water partition coefficient (Wildman–Crippen LogP) is 10.6. The molecule has 7 rings (SSSR count). The Hall–Kier alpha value is -4.63. The normalized spacial score (nSPS) is 13.3. The standard InChI is InChI=1S/C40H39N2O/c1-24(2)31-22-29(28-15-9-8-10-16-28)23-32(25(3)4)38(31)42-34-18-12-11-17-33(34)41(7)40(42)37-27(6)20-21-30-36-26(5)14-13-19-35(36)43-39(30)37/h8-25H,1-7H3/q+1/i5D3. The van der Waals surface area contributed by atoms with Crippen molar-refractivity contribution < 1.29 is 13.1 Å². The summed E-state index contributed by atoms with van der Waals surface area (Å²) < 4.78 is 36.2. The minimum Gasteiger partial charge on any atom is -0.455 e. The topological polar surface area (TPSA) is 21.9 Å². The van der Waals surface area contributed by atoms with Gasteiger partial charge in [0.25, 0.3) is 5.82 Å². The maximum absolute atomic E-state index is 8.27. The van der Waals surface area contributed by atoms with Crippen LogP contribution in [0.4, 0.5) is 0 Å². The second-order valence-corrected chi connectivity index (χ2v) is 12.3. The van der Waals surface area contributed by atoms with E-state index in [0.29, 0.717) is 22.1 Å². The average Bonchev–Trinajstić information content (AvgIpc) is 3.55. The molecule has 214 valence electrons. The number of hydrogen-bond acceptors (Lipinski definition) is 1. The molecule has 0 saturated carbocycles.